The highest BCUT2D eigenvalue weighted by Gasteiger charge is 2.56. The van der Waals surface area contributed by atoms with Gasteiger partial charge in [0, 0.05) is 5.56 Å². The maximum Gasteiger partial charge on any atom is 0.337 e. The summed E-state index contributed by atoms with van der Waals surface area (Å²) in [6.07, 6.45) is 1.13. The highest BCUT2D eigenvalue weighted by molar-refractivity contribution is 5.93. The van der Waals surface area contributed by atoms with Gasteiger partial charge in [-0.15, -0.1) is 0 Å². The first-order chi connectivity index (χ1) is 14.9. The number of hydrogen-bond acceptors (Lipinski definition) is 9. The lowest BCUT2D eigenvalue weighted by molar-refractivity contribution is -0.199. The maximum atomic E-state index is 11.9. The molecule has 10 nitrogen and oxygen atoms in total. The summed E-state index contributed by atoms with van der Waals surface area (Å²) in [6.45, 7) is 3.47. The molecule has 0 unspecified atom stereocenters. The molecule has 0 saturated carbocycles. The van der Waals surface area contributed by atoms with Gasteiger partial charge in [0.15, 0.2) is 17.7 Å². The first kappa shape index (κ1) is 20.0. The number of ether oxygens (including phenoxy) is 4. The van der Waals surface area contributed by atoms with Crippen molar-refractivity contribution in [1.82, 2.24) is 19.5 Å². The van der Waals surface area contributed by atoms with Crippen LogP contribution < -0.4 is 0 Å². The summed E-state index contributed by atoms with van der Waals surface area (Å²) >= 11 is 0. The zero-order valence-electron chi connectivity index (χ0n) is 17.3. The average molecular weight is 426 g/mol. The number of benzene rings is 1. The number of carbonyl (C=O) groups is 1. The van der Waals surface area contributed by atoms with Crippen molar-refractivity contribution in [2.24, 2.45) is 0 Å². The molecule has 10 heteroatoms. The van der Waals surface area contributed by atoms with Crippen LogP contribution >= 0.6 is 0 Å². The Morgan fingerprint density at radius 1 is 1.23 bits per heavy atom. The molecule has 2 fully saturated rings. The summed E-state index contributed by atoms with van der Waals surface area (Å²) in [6, 6.07) is 6.97. The van der Waals surface area contributed by atoms with Gasteiger partial charge in [-0.25, -0.2) is 19.7 Å². The predicted octanol–water partition coefficient (Wildman–Crippen LogP) is 1.69. The van der Waals surface area contributed by atoms with Crippen molar-refractivity contribution in [3.8, 4) is 11.3 Å². The van der Waals surface area contributed by atoms with Crippen LogP contribution in [0.4, 0.5) is 0 Å². The molecule has 0 aliphatic carbocycles. The number of methoxy groups -OCH3 is 1. The molecule has 4 heterocycles. The van der Waals surface area contributed by atoms with Crippen molar-refractivity contribution in [3.05, 3.63) is 42.5 Å². The van der Waals surface area contributed by atoms with Gasteiger partial charge in [0.1, 0.15) is 35.8 Å². The molecule has 4 atom stereocenters. The Balaban J connectivity index is 1.56. The molecule has 2 aromatic heterocycles. The van der Waals surface area contributed by atoms with Crippen LogP contribution in [-0.2, 0) is 18.9 Å². The Kier molecular flexibility index (Phi) is 4.74. The molecule has 31 heavy (non-hydrogen) atoms. The maximum absolute atomic E-state index is 11.9. The van der Waals surface area contributed by atoms with Gasteiger partial charge in [-0.1, -0.05) is 12.1 Å². The fourth-order valence-corrected chi connectivity index (χ4v) is 4.19. The first-order valence-corrected chi connectivity index (χ1v) is 9.90. The largest absolute Gasteiger partial charge is 0.465 e. The van der Waals surface area contributed by atoms with Gasteiger partial charge >= 0.3 is 5.97 Å². The lowest BCUT2D eigenvalue weighted by Gasteiger charge is -2.24. The number of nitrogens with zero attached hydrogens (tertiary/aromatic N) is 4. The fraction of sp³-hybridized carbons (Fsp3) is 0.429. The number of hydrogen-bond donors (Lipinski definition) is 1. The quantitative estimate of drug-likeness (QED) is 0.622. The van der Waals surface area contributed by atoms with Gasteiger partial charge in [0.05, 0.1) is 25.6 Å². The Hall–Kier alpha value is -2.92. The van der Waals surface area contributed by atoms with E-state index in [0.29, 0.717) is 28.0 Å². The number of imidazole rings is 1. The molecule has 5 rings (SSSR count). The van der Waals surface area contributed by atoms with Gasteiger partial charge in [0.25, 0.3) is 0 Å². The van der Waals surface area contributed by atoms with Gasteiger partial charge in [-0.05, 0) is 26.0 Å². The van der Waals surface area contributed by atoms with E-state index in [1.54, 1.807) is 29.1 Å². The van der Waals surface area contributed by atoms with E-state index >= 15 is 0 Å². The standard InChI is InChI=1S/C21H22N4O6/c1-21(2)30-16-13(8-26)29-19(17(16)31-21)25-10-24-15-14(22-9-23-18(15)25)11-5-4-6-12(7-11)20(27)28-3/h4-7,9-10,13,16-17,19,26H,8H2,1-3H3/t13-,16-,17-,19-/m1/s1. The Labute approximate surface area is 177 Å². The molecule has 162 valence electrons. The minimum atomic E-state index is -0.782. The number of esters is 1. The SMILES string of the molecule is COC(=O)c1cccc(-c2ncnc3c2ncn3[C@@H]2O[C@H](CO)[C@H]3OC(C)(C)O[C@H]32)c1. The molecular weight excluding hydrogens is 404 g/mol. The van der Waals surface area contributed by atoms with Crippen LogP contribution in [0, 0.1) is 0 Å². The van der Waals surface area contributed by atoms with Gasteiger partial charge < -0.3 is 24.1 Å². The van der Waals surface area contributed by atoms with Crippen molar-refractivity contribution in [1.29, 1.82) is 0 Å². The number of fused-ring (bicyclic) bond motifs is 2. The molecule has 3 aromatic rings. The Bertz CT molecular complexity index is 1150. The van der Waals surface area contributed by atoms with Crippen LogP contribution in [-0.4, -0.2) is 68.4 Å². The second-order valence-electron chi connectivity index (χ2n) is 7.93. The molecule has 2 aliphatic rings. The summed E-state index contributed by atoms with van der Waals surface area (Å²) in [5.74, 6) is -1.21. The number of rotatable bonds is 4. The van der Waals surface area contributed by atoms with E-state index in [0.717, 1.165) is 0 Å². The van der Waals surface area contributed by atoms with E-state index in [4.69, 9.17) is 18.9 Å². The molecule has 0 bridgehead atoms. The average Bonchev–Trinajstić information content (AvgIpc) is 3.43. The normalized spacial score (nSPS) is 26.8. The third kappa shape index (κ3) is 3.28. The predicted molar refractivity (Wildman–Crippen MR) is 107 cm³/mol. The summed E-state index contributed by atoms with van der Waals surface area (Å²) < 4.78 is 24.6. The van der Waals surface area contributed by atoms with Crippen LogP contribution in [0.25, 0.3) is 22.4 Å². The fourth-order valence-electron chi connectivity index (χ4n) is 4.19. The van der Waals surface area contributed by atoms with E-state index in [2.05, 4.69) is 15.0 Å². The third-order valence-corrected chi connectivity index (χ3v) is 5.50. The van der Waals surface area contributed by atoms with E-state index in [-0.39, 0.29) is 6.61 Å². The minimum Gasteiger partial charge on any atom is -0.465 e. The van der Waals surface area contributed by atoms with Crippen molar-refractivity contribution in [2.75, 3.05) is 13.7 Å². The van der Waals surface area contributed by atoms with Crippen LogP contribution in [0.5, 0.6) is 0 Å². The van der Waals surface area contributed by atoms with Crippen molar-refractivity contribution >= 4 is 17.1 Å². The lowest BCUT2D eigenvalue weighted by atomic mass is 10.1. The molecule has 0 amide bonds. The van der Waals surface area contributed by atoms with Crippen molar-refractivity contribution in [2.45, 2.75) is 44.2 Å². The van der Waals surface area contributed by atoms with Crippen LogP contribution in [0.15, 0.2) is 36.9 Å². The summed E-state index contributed by atoms with van der Waals surface area (Å²) in [7, 11) is 1.34. The monoisotopic (exact) mass is 426 g/mol. The number of carbonyl (C=O) groups excluding carboxylic acids is 1. The first-order valence-electron chi connectivity index (χ1n) is 9.90. The van der Waals surface area contributed by atoms with E-state index in [1.165, 1.54) is 13.4 Å². The Morgan fingerprint density at radius 3 is 2.81 bits per heavy atom. The molecule has 0 spiro atoms. The molecule has 0 radical (unpaired) electrons. The third-order valence-electron chi connectivity index (χ3n) is 5.50. The summed E-state index contributed by atoms with van der Waals surface area (Å²) in [5, 5.41) is 9.75. The van der Waals surface area contributed by atoms with E-state index in [9.17, 15) is 9.90 Å². The summed E-state index contributed by atoms with van der Waals surface area (Å²) in [5.41, 5.74) is 2.80. The Morgan fingerprint density at radius 2 is 2.03 bits per heavy atom. The summed E-state index contributed by atoms with van der Waals surface area (Å²) in [4.78, 5) is 25.2. The minimum absolute atomic E-state index is 0.190. The molecule has 1 aromatic carbocycles. The van der Waals surface area contributed by atoms with Crippen molar-refractivity contribution < 1.29 is 28.8 Å². The van der Waals surface area contributed by atoms with Crippen LogP contribution in [0.2, 0.25) is 0 Å². The lowest BCUT2D eigenvalue weighted by Crippen LogP contribution is -2.31. The second-order valence-corrected chi connectivity index (χ2v) is 7.93. The highest BCUT2D eigenvalue weighted by Crippen LogP contribution is 2.43. The molecular formula is C21H22N4O6. The number of aromatic nitrogens is 4. The molecule has 1 N–H and O–H groups in total. The number of aliphatic hydroxyl groups is 1. The zero-order valence-corrected chi connectivity index (χ0v) is 17.3. The van der Waals surface area contributed by atoms with Gasteiger partial charge in [0.2, 0.25) is 0 Å². The van der Waals surface area contributed by atoms with E-state index < -0.39 is 36.3 Å². The molecule has 2 saturated heterocycles. The van der Waals surface area contributed by atoms with Crippen LogP contribution in [0.1, 0.15) is 30.4 Å². The number of aliphatic hydroxyl groups excluding tert-OH is 1. The second kappa shape index (κ2) is 7.34. The van der Waals surface area contributed by atoms with Gasteiger partial charge in [-0.3, -0.25) is 4.57 Å². The van der Waals surface area contributed by atoms with Gasteiger partial charge in [-0.2, -0.15) is 0 Å². The highest BCUT2D eigenvalue weighted by atomic mass is 16.8. The smallest absolute Gasteiger partial charge is 0.337 e. The topological polar surface area (TPSA) is 118 Å². The molecule has 2 aliphatic heterocycles. The van der Waals surface area contributed by atoms with E-state index in [1.807, 2.05) is 19.9 Å². The van der Waals surface area contributed by atoms with Crippen LogP contribution in [0.3, 0.4) is 0 Å². The zero-order chi connectivity index (χ0) is 21.8. The van der Waals surface area contributed by atoms with Crippen molar-refractivity contribution in [3.63, 3.8) is 0 Å².